The lowest BCUT2D eigenvalue weighted by atomic mass is 10.1. The van der Waals surface area contributed by atoms with Crippen LogP contribution in [-0.4, -0.2) is 26.2 Å². The maximum Gasteiger partial charge on any atom is 0.191 e. The van der Waals surface area contributed by atoms with Crippen molar-refractivity contribution in [2.45, 2.75) is 52.7 Å². The number of hydrogen-bond acceptors (Lipinski definition) is 2. The maximum absolute atomic E-state index is 5.52. The first-order valence-corrected chi connectivity index (χ1v) is 8.40. The molecule has 5 heteroatoms. The minimum atomic E-state index is 0. The SMILES string of the molecule is CCCCCCNC(=NC)NCc1ccccc1COCC.I. The van der Waals surface area contributed by atoms with Crippen LogP contribution in [0.1, 0.15) is 50.7 Å². The van der Waals surface area contributed by atoms with E-state index < -0.39 is 0 Å². The van der Waals surface area contributed by atoms with Gasteiger partial charge in [-0.15, -0.1) is 24.0 Å². The summed E-state index contributed by atoms with van der Waals surface area (Å²) < 4.78 is 5.52. The Hall–Kier alpha value is -0.820. The monoisotopic (exact) mass is 433 g/mol. The van der Waals surface area contributed by atoms with Crippen LogP contribution in [0.15, 0.2) is 29.3 Å². The molecule has 2 N–H and O–H groups in total. The standard InChI is InChI=1S/C18H31N3O.HI/c1-4-6-7-10-13-20-18(19-3)21-14-16-11-8-9-12-17(16)15-22-5-2;/h8-9,11-12H,4-7,10,13-15H2,1-3H3,(H2,19,20,21);1H. The van der Waals surface area contributed by atoms with Crippen molar-refractivity contribution < 1.29 is 4.74 Å². The van der Waals surface area contributed by atoms with Crippen LogP contribution in [0.3, 0.4) is 0 Å². The van der Waals surface area contributed by atoms with E-state index in [2.05, 4.69) is 46.8 Å². The first kappa shape index (κ1) is 22.2. The molecule has 0 radical (unpaired) electrons. The number of benzene rings is 1. The Balaban J connectivity index is 0.00000484. The first-order valence-electron chi connectivity index (χ1n) is 8.40. The van der Waals surface area contributed by atoms with E-state index in [1.54, 1.807) is 0 Å². The Morgan fingerprint density at radius 3 is 2.43 bits per heavy atom. The summed E-state index contributed by atoms with van der Waals surface area (Å²) >= 11 is 0. The van der Waals surface area contributed by atoms with Crippen molar-refractivity contribution in [2.75, 3.05) is 20.2 Å². The number of unbranched alkanes of at least 4 members (excludes halogenated alkanes) is 3. The highest BCUT2D eigenvalue weighted by Gasteiger charge is 2.03. The summed E-state index contributed by atoms with van der Waals surface area (Å²) in [4.78, 5) is 4.28. The lowest BCUT2D eigenvalue weighted by Crippen LogP contribution is -2.37. The predicted octanol–water partition coefficient (Wildman–Crippen LogP) is 4.09. The van der Waals surface area contributed by atoms with Crippen molar-refractivity contribution in [1.29, 1.82) is 0 Å². The van der Waals surface area contributed by atoms with Crippen molar-refractivity contribution >= 4 is 29.9 Å². The molecule has 0 fully saturated rings. The zero-order valence-electron chi connectivity index (χ0n) is 14.7. The number of ether oxygens (including phenoxy) is 1. The fraction of sp³-hybridized carbons (Fsp3) is 0.611. The fourth-order valence-corrected chi connectivity index (χ4v) is 2.24. The van der Waals surface area contributed by atoms with Crippen molar-refractivity contribution in [2.24, 2.45) is 4.99 Å². The normalized spacial score (nSPS) is 11.0. The van der Waals surface area contributed by atoms with Gasteiger partial charge in [0.2, 0.25) is 0 Å². The van der Waals surface area contributed by atoms with Gasteiger partial charge in [-0.2, -0.15) is 0 Å². The molecule has 0 saturated carbocycles. The second-order valence-electron chi connectivity index (χ2n) is 5.32. The average Bonchev–Trinajstić information content (AvgIpc) is 2.56. The summed E-state index contributed by atoms with van der Waals surface area (Å²) in [5, 5.41) is 6.75. The average molecular weight is 433 g/mol. The van der Waals surface area contributed by atoms with E-state index in [-0.39, 0.29) is 24.0 Å². The molecule has 0 aromatic heterocycles. The van der Waals surface area contributed by atoms with E-state index in [9.17, 15) is 0 Å². The molecule has 23 heavy (non-hydrogen) atoms. The van der Waals surface area contributed by atoms with Gasteiger partial charge < -0.3 is 15.4 Å². The van der Waals surface area contributed by atoms with Gasteiger partial charge in [-0.05, 0) is 24.5 Å². The molecular formula is C18H32IN3O. The lowest BCUT2D eigenvalue weighted by molar-refractivity contribution is 0.133. The van der Waals surface area contributed by atoms with E-state index in [1.807, 2.05) is 14.0 Å². The molecule has 0 atom stereocenters. The molecule has 1 aromatic rings. The molecule has 0 aliphatic rings. The van der Waals surface area contributed by atoms with Crippen molar-refractivity contribution in [3.8, 4) is 0 Å². The van der Waals surface area contributed by atoms with E-state index in [1.165, 1.54) is 36.8 Å². The summed E-state index contributed by atoms with van der Waals surface area (Å²) in [6, 6.07) is 8.37. The van der Waals surface area contributed by atoms with Crippen LogP contribution in [0.4, 0.5) is 0 Å². The van der Waals surface area contributed by atoms with Crippen molar-refractivity contribution in [1.82, 2.24) is 10.6 Å². The van der Waals surface area contributed by atoms with Gasteiger partial charge in [0.1, 0.15) is 0 Å². The topological polar surface area (TPSA) is 45.7 Å². The van der Waals surface area contributed by atoms with Crippen LogP contribution < -0.4 is 10.6 Å². The number of nitrogens with one attached hydrogen (secondary N) is 2. The lowest BCUT2D eigenvalue weighted by Gasteiger charge is -2.14. The summed E-state index contributed by atoms with van der Waals surface area (Å²) in [7, 11) is 1.81. The quantitative estimate of drug-likeness (QED) is 0.253. The Bertz CT molecular complexity index is 438. The Morgan fingerprint density at radius 2 is 1.78 bits per heavy atom. The van der Waals surface area contributed by atoms with Gasteiger partial charge >= 0.3 is 0 Å². The van der Waals surface area contributed by atoms with E-state index in [0.29, 0.717) is 6.61 Å². The molecule has 0 aliphatic heterocycles. The van der Waals surface area contributed by atoms with Gasteiger partial charge in [-0.3, -0.25) is 4.99 Å². The highest BCUT2D eigenvalue weighted by molar-refractivity contribution is 14.0. The molecule has 132 valence electrons. The first-order chi connectivity index (χ1) is 10.8. The van der Waals surface area contributed by atoms with Crippen molar-refractivity contribution in [3.63, 3.8) is 0 Å². The molecule has 0 unspecified atom stereocenters. The number of hydrogen-bond donors (Lipinski definition) is 2. The van der Waals surface area contributed by atoms with Gasteiger partial charge in [0, 0.05) is 26.7 Å². The second-order valence-corrected chi connectivity index (χ2v) is 5.32. The minimum absolute atomic E-state index is 0. The number of guanidine groups is 1. The molecule has 0 aliphatic carbocycles. The molecular weight excluding hydrogens is 401 g/mol. The molecule has 1 rings (SSSR count). The number of rotatable bonds is 10. The third-order valence-electron chi connectivity index (χ3n) is 3.57. The van der Waals surface area contributed by atoms with Crippen molar-refractivity contribution in [3.05, 3.63) is 35.4 Å². The van der Waals surface area contributed by atoms with Crippen LogP contribution in [0, 0.1) is 0 Å². The summed E-state index contributed by atoms with van der Waals surface area (Å²) in [5.74, 6) is 0.864. The number of halogens is 1. The fourth-order valence-electron chi connectivity index (χ4n) is 2.24. The van der Waals surface area contributed by atoms with Gasteiger partial charge in [0.05, 0.1) is 6.61 Å². The third-order valence-corrected chi connectivity index (χ3v) is 3.57. The third kappa shape index (κ3) is 9.81. The largest absolute Gasteiger partial charge is 0.377 e. The summed E-state index contributed by atoms with van der Waals surface area (Å²) in [6.07, 6.45) is 5.04. The molecule has 1 aromatic carbocycles. The highest BCUT2D eigenvalue weighted by Crippen LogP contribution is 2.09. The molecule has 4 nitrogen and oxygen atoms in total. The number of nitrogens with zero attached hydrogens (tertiary/aromatic N) is 1. The van der Waals surface area contributed by atoms with Gasteiger partial charge in [-0.1, -0.05) is 50.5 Å². The highest BCUT2D eigenvalue weighted by atomic mass is 127. The van der Waals surface area contributed by atoms with Crippen LogP contribution >= 0.6 is 24.0 Å². The smallest absolute Gasteiger partial charge is 0.191 e. The molecule has 0 spiro atoms. The zero-order chi connectivity index (χ0) is 16.0. The summed E-state index contributed by atoms with van der Waals surface area (Å²) in [6.45, 7) is 7.39. The van der Waals surface area contributed by atoms with Crippen LogP contribution in [-0.2, 0) is 17.9 Å². The zero-order valence-corrected chi connectivity index (χ0v) is 17.1. The summed E-state index contributed by atoms with van der Waals surface area (Å²) in [5.41, 5.74) is 2.49. The molecule has 0 saturated heterocycles. The van der Waals surface area contributed by atoms with Crippen LogP contribution in [0.25, 0.3) is 0 Å². The van der Waals surface area contributed by atoms with E-state index >= 15 is 0 Å². The van der Waals surface area contributed by atoms with Crippen LogP contribution in [0.2, 0.25) is 0 Å². The van der Waals surface area contributed by atoms with Gasteiger partial charge in [-0.25, -0.2) is 0 Å². The molecule has 0 bridgehead atoms. The molecule has 0 heterocycles. The maximum atomic E-state index is 5.52. The Labute approximate surface area is 158 Å². The minimum Gasteiger partial charge on any atom is -0.377 e. The van der Waals surface area contributed by atoms with E-state index in [0.717, 1.165) is 25.7 Å². The molecule has 0 amide bonds. The van der Waals surface area contributed by atoms with Crippen LogP contribution in [0.5, 0.6) is 0 Å². The predicted molar refractivity (Wildman–Crippen MR) is 110 cm³/mol. The second kappa shape index (κ2) is 14.8. The van der Waals surface area contributed by atoms with Gasteiger partial charge in [0.25, 0.3) is 0 Å². The Kier molecular flexibility index (Phi) is 14.2. The van der Waals surface area contributed by atoms with E-state index in [4.69, 9.17) is 4.74 Å². The number of aliphatic imine (C=N–C) groups is 1. The van der Waals surface area contributed by atoms with Gasteiger partial charge in [0.15, 0.2) is 5.96 Å². The Morgan fingerprint density at radius 1 is 1.04 bits per heavy atom.